The largest absolute Gasteiger partial charge is 0.340 e. The second-order valence-corrected chi connectivity index (χ2v) is 5.65. The first-order valence-corrected chi connectivity index (χ1v) is 7.55. The van der Waals surface area contributed by atoms with E-state index in [0.717, 1.165) is 22.9 Å². The van der Waals surface area contributed by atoms with Crippen molar-refractivity contribution in [3.8, 4) is 11.8 Å². The van der Waals surface area contributed by atoms with Crippen LogP contribution < -0.4 is 11.1 Å². The molecule has 1 aromatic rings. The van der Waals surface area contributed by atoms with Crippen LogP contribution in [0, 0.1) is 11.8 Å². The molecule has 1 saturated heterocycles. The Balaban J connectivity index is 2.07. The third kappa shape index (κ3) is 4.00. The lowest BCUT2D eigenvalue weighted by Gasteiger charge is -2.21. The Morgan fingerprint density at radius 2 is 2.29 bits per heavy atom. The van der Waals surface area contributed by atoms with Gasteiger partial charge in [-0.1, -0.05) is 41.8 Å². The average Bonchev–Trinajstić information content (AvgIpc) is 2.92. The number of nitrogens with one attached hydrogen (secondary N) is 1. The molecule has 2 amide bonds. The molecule has 1 aliphatic heterocycles. The number of hydrogen-bond donors (Lipinski definition) is 2. The molecule has 0 bridgehead atoms. The predicted molar refractivity (Wildman–Crippen MR) is 83.6 cm³/mol. The fourth-order valence-corrected chi connectivity index (χ4v) is 2.81. The molecule has 2 rings (SSSR count). The minimum atomic E-state index is -0.435. The maximum Gasteiger partial charge on any atom is 0.279 e. The summed E-state index contributed by atoms with van der Waals surface area (Å²) < 4.78 is 0. The quantitative estimate of drug-likeness (QED) is 0.809. The molecule has 6 heteroatoms. The van der Waals surface area contributed by atoms with Crippen molar-refractivity contribution in [1.29, 1.82) is 0 Å². The zero-order valence-electron chi connectivity index (χ0n) is 11.8. The van der Waals surface area contributed by atoms with Crippen LogP contribution in [-0.2, 0) is 11.3 Å². The zero-order valence-corrected chi connectivity index (χ0v) is 12.6. The fraction of sp³-hybridized carbons (Fsp3) is 0.333. The Labute approximate surface area is 128 Å². The number of rotatable bonds is 3. The van der Waals surface area contributed by atoms with Crippen LogP contribution >= 0.6 is 11.8 Å². The van der Waals surface area contributed by atoms with Crippen molar-refractivity contribution in [3.63, 3.8) is 0 Å². The van der Waals surface area contributed by atoms with E-state index in [1.165, 1.54) is 0 Å². The SMILES string of the molecule is CN(Cc1ccccc1C#CCN)C(=O)C1CSC(=O)N1. The van der Waals surface area contributed by atoms with E-state index in [0.29, 0.717) is 18.8 Å². The Hall–Kier alpha value is -1.97. The van der Waals surface area contributed by atoms with Gasteiger partial charge < -0.3 is 16.0 Å². The topological polar surface area (TPSA) is 75.4 Å². The number of thioether (sulfide) groups is 1. The van der Waals surface area contributed by atoms with E-state index >= 15 is 0 Å². The van der Waals surface area contributed by atoms with E-state index in [1.807, 2.05) is 24.3 Å². The number of carbonyl (C=O) groups is 2. The Morgan fingerprint density at radius 3 is 2.95 bits per heavy atom. The van der Waals surface area contributed by atoms with Crippen molar-refractivity contribution in [2.24, 2.45) is 5.73 Å². The number of likely N-dealkylation sites (N-methyl/N-ethyl adjacent to an activating group) is 1. The number of amides is 2. The number of benzene rings is 1. The molecule has 0 aliphatic carbocycles. The summed E-state index contributed by atoms with van der Waals surface area (Å²) in [6.45, 7) is 0.750. The van der Waals surface area contributed by atoms with Gasteiger partial charge in [0.15, 0.2) is 0 Å². The molecular weight excluding hydrogens is 286 g/mol. The van der Waals surface area contributed by atoms with Crippen LogP contribution in [0.25, 0.3) is 0 Å². The highest BCUT2D eigenvalue weighted by molar-refractivity contribution is 8.14. The van der Waals surface area contributed by atoms with Gasteiger partial charge in [-0.15, -0.1) is 0 Å². The van der Waals surface area contributed by atoms with Crippen LogP contribution in [0.15, 0.2) is 24.3 Å². The normalized spacial score (nSPS) is 16.9. The van der Waals surface area contributed by atoms with Gasteiger partial charge >= 0.3 is 0 Å². The summed E-state index contributed by atoms with van der Waals surface area (Å²) in [5.74, 6) is 6.22. The third-order valence-electron chi connectivity index (χ3n) is 3.10. The lowest BCUT2D eigenvalue weighted by Crippen LogP contribution is -2.43. The van der Waals surface area contributed by atoms with Gasteiger partial charge in [0.1, 0.15) is 6.04 Å². The number of nitrogens with zero attached hydrogens (tertiary/aromatic N) is 1. The number of nitrogens with two attached hydrogens (primary N) is 1. The Morgan fingerprint density at radius 1 is 1.52 bits per heavy atom. The van der Waals surface area contributed by atoms with Gasteiger partial charge in [0.2, 0.25) is 5.91 Å². The summed E-state index contributed by atoms with van der Waals surface area (Å²) in [5, 5.41) is 2.51. The van der Waals surface area contributed by atoms with E-state index in [4.69, 9.17) is 5.73 Å². The van der Waals surface area contributed by atoms with E-state index in [-0.39, 0.29) is 11.1 Å². The van der Waals surface area contributed by atoms with Gasteiger partial charge in [-0.3, -0.25) is 9.59 Å². The Bertz CT molecular complexity index is 606. The first-order chi connectivity index (χ1) is 10.1. The minimum Gasteiger partial charge on any atom is -0.340 e. The molecule has 1 heterocycles. The van der Waals surface area contributed by atoms with Crippen molar-refractivity contribution in [2.45, 2.75) is 12.6 Å². The number of carbonyl (C=O) groups excluding carboxylic acids is 2. The molecule has 1 fully saturated rings. The first kappa shape index (κ1) is 15.4. The highest BCUT2D eigenvalue weighted by Gasteiger charge is 2.30. The summed E-state index contributed by atoms with van der Waals surface area (Å²) in [6.07, 6.45) is 0. The second-order valence-electron chi connectivity index (χ2n) is 4.65. The summed E-state index contributed by atoms with van der Waals surface area (Å²) in [5.41, 5.74) is 7.22. The molecular formula is C15H17N3O2S. The monoisotopic (exact) mass is 303 g/mol. The van der Waals surface area contributed by atoms with Gasteiger partial charge in [0.25, 0.3) is 5.24 Å². The van der Waals surface area contributed by atoms with Crippen molar-refractivity contribution >= 4 is 22.9 Å². The molecule has 0 saturated carbocycles. The van der Waals surface area contributed by atoms with E-state index in [1.54, 1.807) is 11.9 Å². The van der Waals surface area contributed by atoms with Crippen LogP contribution in [0.3, 0.4) is 0 Å². The molecule has 0 aromatic heterocycles. The highest BCUT2D eigenvalue weighted by Crippen LogP contribution is 2.16. The molecule has 1 unspecified atom stereocenters. The standard InChI is InChI=1S/C15H17N3O2S/c1-18(14(19)13-10-21-15(20)17-13)9-12-6-3-2-5-11(12)7-4-8-16/h2-3,5-6,13H,8-10,16H2,1H3,(H,17,20). The molecule has 3 N–H and O–H groups in total. The van der Waals surface area contributed by atoms with Crippen molar-refractivity contribution < 1.29 is 9.59 Å². The van der Waals surface area contributed by atoms with Crippen LogP contribution in [-0.4, -0.2) is 41.4 Å². The molecule has 1 aromatic carbocycles. The van der Waals surface area contributed by atoms with Gasteiger partial charge in [-0.05, 0) is 11.6 Å². The van der Waals surface area contributed by atoms with Gasteiger partial charge in [-0.2, -0.15) is 0 Å². The van der Waals surface area contributed by atoms with Crippen LogP contribution in [0.5, 0.6) is 0 Å². The Kier molecular flexibility index (Phi) is 5.26. The molecule has 1 aliphatic rings. The maximum atomic E-state index is 12.3. The molecule has 110 valence electrons. The lowest BCUT2D eigenvalue weighted by molar-refractivity contribution is -0.131. The molecule has 0 spiro atoms. The molecule has 21 heavy (non-hydrogen) atoms. The summed E-state index contributed by atoms with van der Waals surface area (Å²) in [4.78, 5) is 25.0. The van der Waals surface area contributed by atoms with Gasteiger partial charge in [-0.25, -0.2) is 0 Å². The van der Waals surface area contributed by atoms with E-state index < -0.39 is 6.04 Å². The zero-order chi connectivity index (χ0) is 15.2. The summed E-state index contributed by atoms with van der Waals surface area (Å²) in [7, 11) is 1.73. The van der Waals surface area contributed by atoms with E-state index in [9.17, 15) is 9.59 Å². The van der Waals surface area contributed by atoms with Crippen molar-refractivity contribution in [3.05, 3.63) is 35.4 Å². The maximum absolute atomic E-state index is 12.3. The molecule has 5 nitrogen and oxygen atoms in total. The minimum absolute atomic E-state index is 0.0880. The predicted octanol–water partition coefficient (Wildman–Crippen LogP) is 0.780. The van der Waals surface area contributed by atoms with Gasteiger partial charge in [0.05, 0.1) is 6.54 Å². The summed E-state index contributed by atoms with van der Waals surface area (Å²) in [6, 6.07) is 7.22. The third-order valence-corrected chi connectivity index (χ3v) is 3.98. The smallest absolute Gasteiger partial charge is 0.279 e. The summed E-state index contributed by atoms with van der Waals surface area (Å²) >= 11 is 1.14. The first-order valence-electron chi connectivity index (χ1n) is 6.57. The van der Waals surface area contributed by atoms with Crippen LogP contribution in [0.1, 0.15) is 11.1 Å². The fourth-order valence-electron chi connectivity index (χ4n) is 2.04. The highest BCUT2D eigenvalue weighted by atomic mass is 32.2. The second kappa shape index (κ2) is 7.16. The van der Waals surface area contributed by atoms with Crippen LogP contribution in [0.4, 0.5) is 4.79 Å². The molecule has 1 atom stereocenters. The van der Waals surface area contributed by atoms with Crippen molar-refractivity contribution in [1.82, 2.24) is 10.2 Å². The average molecular weight is 303 g/mol. The molecule has 0 radical (unpaired) electrons. The number of hydrogen-bond acceptors (Lipinski definition) is 4. The van der Waals surface area contributed by atoms with E-state index in [2.05, 4.69) is 17.2 Å². The van der Waals surface area contributed by atoms with Gasteiger partial charge in [0, 0.05) is 24.9 Å². The van der Waals surface area contributed by atoms with Crippen molar-refractivity contribution in [2.75, 3.05) is 19.3 Å². The lowest BCUT2D eigenvalue weighted by atomic mass is 10.1. The van der Waals surface area contributed by atoms with Crippen LogP contribution in [0.2, 0.25) is 0 Å².